The molecular formula is C8H9NO. The highest BCUT2D eigenvalue weighted by atomic mass is 16.5. The van der Waals surface area contributed by atoms with Crippen LogP contribution in [0.15, 0.2) is 11.6 Å². The van der Waals surface area contributed by atoms with Crippen LogP contribution in [-0.4, -0.2) is 12.2 Å². The van der Waals surface area contributed by atoms with E-state index in [1.165, 1.54) is 0 Å². The molecule has 52 valence electrons. The standard InChI is InChI=1S/C8H9NO/c9-5-6-3-7-1-2-8(4-6)10-7/h3,7-8H,1-2,4H2. The molecule has 0 amide bonds. The Morgan fingerprint density at radius 3 is 3.20 bits per heavy atom. The van der Waals surface area contributed by atoms with Gasteiger partial charge in [-0.25, -0.2) is 0 Å². The third-order valence-corrected chi connectivity index (χ3v) is 2.12. The van der Waals surface area contributed by atoms with Crippen molar-refractivity contribution in [1.82, 2.24) is 0 Å². The second kappa shape index (κ2) is 2.10. The first-order valence-electron chi connectivity index (χ1n) is 3.65. The van der Waals surface area contributed by atoms with Gasteiger partial charge in [0.25, 0.3) is 0 Å². The summed E-state index contributed by atoms with van der Waals surface area (Å²) in [5.74, 6) is 0. The fourth-order valence-electron chi connectivity index (χ4n) is 1.63. The van der Waals surface area contributed by atoms with Gasteiger partial charge in [-0.1, -0.05) is 0 Å². The molecule has 0 aromatic heterocycles. The number of fused-ring (bicyclic) bond motifs is 2. The summed E-state index contributed by atoms with van der Waals surface area (Å²) in [5.41, 5.74) is 0.916. The molecule has 2 unspecified atom stereocenters. The quantitative estimate of drug-likeness (QED) is 0.502. The van der Waals surface area contributed by atoms with Crippen molar-refractivity contribution in [1.29, 1.82) is 5.26 Å². The Morgan fingerprint density at radius 1 is 1.60 bits per heavy atom. The van der Waals surface area contributed by atoms with Gasteiger partial charge in [-0.05, 0) is 18.9 Å². The summed E-state index contributed by atoms with van der Waals surface area (Å²) in [4.78, 5) is 0. The first-order valence-corrected chi connectivity index (χ1v) is 3.65. The molecule has 0 saturated carbocycles. The van der Waals surface area contributed by atoms with Crippen LogP contribution in [0.5, 0.6) is 0 Å². The number of ether oxygens (including phenoxy) is 1. The van der Waals surface area contributed by atoms with Gasteiger partial charge in [0, 0.05) is 12.0 Å². The van der Waals surface area contributed by atoms with E-state index in [4.69, 9.17) is 10.00 Å². The normalized spacial score (nSPS) is 36.9. The molecule has 0 aromatic carbocycles. The van der Waals surface area contributed by atoms with Crippen LogP contribution in [0.25, 0.3) is 0 Å². The lowest BCUT2D eigenvalue weighted by atomic mass is 10.1. The number of hydrogen-bond acceptors (Lipinski definition) is 2. The van der Waals surface area contributed by atoms with E-state index >= 15 is 0 Å². The first-order chi connectivity index (χ1) is 4.88. The van der Waals surface area contributed by atoms with E-state index < -0.39 is 0 Å². The monoisotopic (exact) mass is 135 g/mol. The summed E-state index contributed by atoms with van der Waals surface area (Å²) >= 11 is 0. The summed E-state index contributed by atoms with van der Waals surface area (Å²) in [7, 11) is 0. The maximum absolute atomic E-state index is 8.58. The molecular weight excluding hydrogens is 126 g/mol. The molecule has 2 bridgehead atoms. The van der Waals surface area contributed by atoms with Gasteiger partial charge in [0.05, 0.1) is 18.3 Å². The number of rotatable bonds is 0. The second-order valence-corrected chi connectivity index (χ2v) is 2.88. The summed E-state index contributed by atoms with van der Waals surface area (Å²) in [6, 6.07) is 2.19. The molecule has 1 saturated heterocycles. The number of nitrogens with zero attached hydrogens (tertiary/aromatic N) is 1. The molecule has 2 rings (SSSR count). The Bertz CT molecular complexity index is 214. The zero-order valence-electron chi connectivity index (χ0n) is 5.71. The summed E-state index contributed by atoms with van der Waals surface area (Å²) in [5, 5.41) is 8.58. The highest BCUT2D eigenvalue weighted by Gasteiger charge is 2.29. The van der Waals surface area contributed by atoms with Crippen molar-refractivity contribution in [2.75, 3.05) is 0 Å². The Kier molecular flexibility index (Phi) is 1.25. The zero-order chi connectivity index (χ0) is 6.97. The van der Waals surface area contributed by atoms with Crippen molar-refractivity contribution < 1.29 is 4.74 Å². The molecule has 0 radical (unpaired) electrons. The van der Waals surface area contributed by atoms with Gasteiger partial charge in [0.2, 0.25) is 0 Å². The Labute approximate surface area is 60.1 Å². The lowest BCUT2D eigenvalue weighted by molar-refractivity contribution is 0.0621. The summed E-state index contributed by atoms with van der Waals surface area (Å²) < 4.78 is 5.50. The van der Waals surface area contributed by atoms with Crippen LogP contribution in [0.3, 0.4) is 0 Å². The fourth-order valence-corrected chi connectivity index (χ4v) is 1.63. The molecule has 2 nitrogen and oxygen atoms in total. The van der Waals surface area contributed by atoms with Crippen LogP contribution in [0.2, 0.25) is 0 Å². The van der Waals surface area contributed by atoms with Crippen LogP contribution in [0, 0.1) is 11.3 Å². The maximum atomic E-state index is 8.58. The minimum Gasteiger partial charge on any atom is -0.371 e. The molecule has 2 heterocycles. The average Bonchev–Trinajstić information content (AvgIpc) is 2.30. The van der Waals surface area contributed by atoms with Crippen molar-refractivity contribution in [3.63, 3.8) is 0 Å². The van der Waals surface area contributed by atoms with Crippen molar-refractivity contribution in [3.05, 3.63) is 11.6 Å². The molecule has 10 heavy (non-hydrogen) atoms. The molecule has 2 aliphatic heterocycles. The van der Waals surface area contributed by atoms with Crippen LogP contribution in [0.1, 0.15) is 19.3 Å². The predicted molar refractivity (Wildman–Crippen MR) is 36.2 cm³/mol. The van der Waals surface area contributed by atoms with Gasteiger partial charge in [0.15, 0.2) is 0 Å². The SMILES string of the molecule is N#CC1=CC2CCC(C1)O2. The fraction of sp³-hybridized carbons (Fsp3) is 0.625. The van der Waals surface area contributed by atoms with Crippen molar-refractivity contribution in [2.45, 2.75) is 31.5 Å². The van der Waals surface area contributed by atoms with Crippen LogP contribution < -0.4 is 0 Å². The van der Waals surface area contributed by atoms with Gasteiger partial charge in [-0.3, -0.25) is 0 Å². The summed E-state index contributed by atoms with van der Waals surface area (Å²) in [6.45, 7) is 0. The Balaban J connectivity index is 2.21. The van der Waals surface area contributed by atoms with Crippen LogP contribution in [-0.2, 0) is 4.74 Å². The lowest BCUT2D eigenvalue weighted by Crippen LogP contribution is -2.15. The van der Waals surface area contributed by atoms with Gasteiger partial charge in [0.1, 0.15) is 0 Å². The molecule has 0 N–H and O–H groups in total. The van der Waals surface area contributed by atoms with Gasteiger partial charge < -0.3 is 4.74 Å². The lowest BCUT2D eigenvalue weighted by Gasteiger charge is -2.15. The first kappa shape index (κ1) is 5.94. The second-order valence-electron chi connectivity index (χ2n) is 2.88. The number of hydrogen-bond donors (Lipinski definition) is 0. The highest BCUT2D eigenvalue weighted by Crippen LogP contribution is 2.30. The Morgan fingerprint density at radius 2 is 2.50 bits per heavy atom. The van der Waals surface area contributed by atoms with E-state index in [9.17, 15) is 0 Å². The number of nitriles is 1. The van der Waals surface area contributed by atoms with Crippen LogP contribution in [0.4, 0.5) is 0 Å². The predicted octanol–water partition coefficient (Wildman–Crippen LogP) is 1.39. The van der Waals surface area contributed by atoms with E-state index in [0.717, 1.165) is 24.8 Å². The van der Waals surface area contributed by atoms with Crippen molar-refractivity contribution in [3.8, 4) is 6.07 Å². The molecule has 2 aliphatic rings. The van der Waals surface area contributed by atoms with E-state index in [1.54, 1.807) is 0 Å². The van der Waals surface area contributed by atoms with Gasteiger partial charge in [-0.15, -0.1) is 0 Å². The molecule has 2 atom stereocenters. The largest absolute Gasteiger partial charge is 0.371 e. The van der Waals surface area contributed by atoms with Crippen LogP contribution >= 0.6 is 0 Å². The van der Waals surface area contributed by atoms with Gasteiger partial charge in [-0.2, -0.15) is 5.26 Å². The van der Waals surface area contributed by atoms with Crippen molar-refractivity contribution in [2.24, 2.45) is 0 Å². The van der Waals surface area contributed by atoms with Gasteiger partial charge >= 0.3 is 0 Å². The maximum Gasteiger partial charge on any atom is 0.0945 e. The molecule has 0 aromatic rings. The average molecular weight is 135 g/mol. The minimum atomic E-state index is 0.258. The molecule has 1 fully saturated rings. The third kappa shape index (κ3) is 0.833. The van der Waals surface area contributed by atoms with E-state index in [-0.39, 0.29) is 6.10 Å². The van der Waals surface area contributed by atoms with E-state index in [2.05, 4.69) is 6.07 Å². The third-order valence-electron chi connectivity index (χ3n) is 2.12. The highest BCUT2D eigenvalue weighted by molar-refractivity contribution is 5.26. The zero-order valence-corrected chi connectivity index (χ0v) is 5.71. The van der Waals surface area contributed by atoms with E-state index in [1.807, 2.05) is 6.08 Å². The minimum absolute atomic E-state index is 0.258. The molecule has 0 spiro atoms. The van der Waals surface area contributed by atoms with E-state index in [0.29, 0.717) is 6.10 Å². The Hall–Kier alpha value is -0.810. The topological polar surface area (TPSA) is 33.0 Å². The van der Waals surface area contributed by atoms with Crippen molar-refractivity contribution >= 4 is 0 Å². The summed E-state index contributed by atoms with van der Waals surface area (Å²) in [6.07, 6.45) is 5.65. The smallest absolute Gasteiger partial charge is 0.0945 e. The molecule has 0 aliphatic carbocycles. The molecule has 2 heteroatoms.